The Morgan fingerprint density at radius 1 is 1.12 bits per heavy atom. The van der Waals surface area contributed by atoms with Crippen LogP contribution in [0.4, 0.5) is 13.2 Å². The Balaban J connectivity index is 2.14. The molecule has 2 aromatic heterocycles. The van der Waals surface area contributed by atoms with Crippen LogP contribution in [0.2, 0.25) is 0 Å². The van der Waals surface area contributed by atoms with Crippen molar-refractivity contribution in [3.8, 4) is 17.2 Å². The molecule has 0 bridgehead atoms. The zero-order chi connectivity index (χ0) is 17.9. The van der Waals surface area contributed by atoms with Gasteiger partial charge >= 0.3 is 6.18 Å². The standard InChI is InChI=1S/C17H13F3N4S/c1-2-10-25-16-23-22-15(24(16)13-6-4-3-5-7-13)14-11-12(8-9-21-14)17(18,19)20/h2-9,11H,1,10H2. The van der Waals surface area contributed by atoms with E-state index in [1.807, 2.05) is 30.3 Å². The van der Waals surface area contributed by atoms with Crippen molar-refractivity contribution in [2.24, 2.45) is 0 Å². The molecule has 128 valence electrons. The smallest absolute Gasteiger partial charge is 0.269 e. The van der Waals surface area contributed by atoms with E-state index < -0.39 is 11.7 Å². The molecular formula is C17H13F3N4S. The Morgan fingerprint density at radius 2 is 1.88 bits per heavy atom. The number of para-hydroxylation sites is 1. The summed E-state index contributed by atoms with van der Waals surface area (Å²) >= 11 is 1.39. The highest BCUT2D eigenvalue weighted by Crippen LogP contribution is 2.32. The van der Waals surface area contributed by atoms with Crippen LogP contribution in [0.15, 0.2) is 66.5 Å². The number of nitrogens with zero attached hydrogens (tertiary/aromatic N) is 4. The van der Waals surface area contributed by atoms with E-state index >= 15 is 0 Å². The maximum absolute atomic E-state index is 13.0. The fourth-order valence-corrected chi connectivity index (χ4v) is 2.89. The molecule has 0 fully saturated rings. The molecule has 0 amide bonds. The molecule has 3 rings (SSSR count). The zero-order valence-corrected chi connectivity index (χ0v) is 13.8. The van der Waals surface area contributed by atoms with E-state index in [2.05, 4.69) is 21.8 Å². The van der Waals surface area contributed by atoms with Crippen molar-refractivity contribution in [3.63, 3.8) is 0 Å². The number of alkyl halides is 3. The minimum Gasteiger partial charge on any atom is -0.269 e. The molecule has 2 heterocycles. The van der Waals surface area contributed by atoms with E-state index in [9.17, 15) is 13.2 Å². The number of pyridine rings is 1. The van der Waals surface area contributed by atoms with Crippen molar-refractivity contribution in [1.29, 1.82) is 0 Å². The topological polar surface area (TPSA) is 43.6 Å². The van der Waals surface area contributed by atoms with Gasteiger partial charge < -0.3 is 0 Å². The van der Waals surface area contributed by atoms with E-state index in [0.29, 0.717) is 10.9 Å². The Kier molecular flexibility index (Phi) is 4.89. The van der Waals surface area contributed by atoms with Crippen LogP contribution in [0.3, 0.4) is 0 Å². The van der Waals surface area contributed by atoms with Gasteiger partial charge in [-0.1, -0.05) is 36.0 Å². The summed E-state index contributed by atoms with van der Waals surface area (Å²) in [5.74, 6) is 0.852. The molecular weight excluding hydrogens is 349 g/mol. The minimum atomic E-state index is -4.45. The number of rotatable bonds is 5. The van der Waals surface area contributed by atoms with E-state index in [0.717, 1.165) is 24.0 Å². The lowest BCUT2D eigenvalue weighted by Gasteiger charge is -2.11. The van der Waals surface area contributed by atoms with Gasteiger partial charge in [0, 0.05) is 17.6 Å². The molecule has 0 aliphatic heterocycles. The Bertz CT molecular complexity index is 875. The maximum atomic E-state index is 13.0. The van der Waals surface area contributed by atoms with Crippen LogP contribution >= 0.6 is 11.8 Å². The van der Waals surface area contributed by atoms with Gasteiger partial charge in [-0.2, -0.15) is 13.2 Å². The molecule has 0 aliphatic carbocycles. The second-order valence-corrected chi connectivity index (χ2v) is 5.99. The molecule has 1 aromatic carbocycles. The highest BCUT2D eigenvalue weighted by molar-refractivity contribution is 7.99. The van der Waals surface area contributed by atoms with Crippen LogP contribution in [-0.2, 0) is 6.18 Å². The number of hydrogen-bond acceptors (Lipinski definition) is 4. The summed E-state index contributed by atoms with van der Waals surface area (Å²) in [6, 6.07) is 11.1. The van der Waals surface area contributed by atoms with E-state index in [1.165, 1.54) is 11.8 Å². The van der Waals surface area contributed by atoms with Crippen molar-refractivity contribution in [2.75, 3.05) is 5.75 Å². The summed E-state index contributed by atoms with van der Waals surface area (Å²) in [4.78, 5) is 4.05. The van der Waals surface area contributed by atoms with Gasteiger partial charge in [-0.3, -0.25) is 9.55 Å². The van der Waals surface area contributed by atoms with Gasteiger partial charge in [0.2, 0.25) is 0 Å². The van der Waals surface area contributed by atoms with Gasteiger partial charge in [0.05, 0.1) is 5.56 Å². The second kappa shape index (κ2) is 7.10. The van der Waals surface area contributed by atoms with Gasteiger partial charge in [-0.15, -0.1) is 16.8 Å². The lowest BCUT2D eigenvalue weighted by molar-refractivity contribution is -0.137. The molecule has 0 aliphatic rings. The van der Waals surface area contributed by atoms with Gasteiger partial charge in [0.1, 0.15) is 5.69 Å². The Labute approximate surface area is 146 Å². The summed E-state index contributed by atoms with van der Waals surface area (Å²) in [6.45, 7) is 3.67. The van der Waals surface area contributed by atoms with Crippen LogP contribution in [0.1, 0.15) is 5.56 Å². The normalized spacial score (nSPS) is 11.5. The van der Waals surface area contributed by atoms with Crippen molar-refractivity contribution in [1.82, 2.24) is 19.7 Å². The highest BCUT2D eigenvalue weighted by atomic mass is 32.2. The molecule has 8 heteroatoms. The average molecular weight is 362 g/mol. The fourth-order valence-electron chi connectivity index (χ4n) is 2.20. The van der Waals surface area contributed by atoms with E-state index in [-0.39, 0.29) is 11.5 Å². The monoisotopic (exact) mass is 362 g/mol. The lowest BCUT2D eigenvalue weighted by atomic mass is 10.2. The number of hydrogen-bond donors (Lipinski definition) is 0. The third kappa shape index (κ3) is 3.74. The van der Waals surface area contributed by atoms with Crippen LogP contribution in [0, 0.1) is 0 Å². The molecule has 0 N–H and O–H groups in total. The predicted molar refractivity (Wildman–Crippen MR) is 90.5 cm³/mol. The SMILES string of the molecule is C=CCSc1nnc(-c2cc(C(F)(F)F)ccn2)n1-c1ccccc1. The number of aromatic nitrogens is 4. The first-order chi connectivity index (χ1) is 12.0. The summed E-state index contributed by atoms with van der Waals surface area (Å²) in [7, 11) is 0. The lowest BCUT2D eigenvalue weighted by Crippen LogP contribution is -2.06. The largest absolute Gasteiger partial charge is 0.416 e. The maximum Gasteiger partial charge on any atom is 0.416 e. The average Bonchev–Trinajstić information content (AvgIpc) is 3.04. The van der Waals surface area contributed by atoms with Gasteiger partial charge in [0.15, 0.2) is 11.0 Å². The number of halogens is 3. The second-order valence-electron chi connectivity index (χ2n) is 5.00. The van der Waals surface area contributed by atoms with E-state index in [4.69, 9.17) is 0 Å². The molecule has 0 spiro atoms. The van der Waals surface area contributed by atoms with Crippen LogP contribution in [0.25, 0.3) is 17.2 Å². The highest BCUT2D eigenvalue weighted by Gasteiger charge is 2.31. The first kappa shape index (κ1) is 17.2. The molecule has 4 nitrogen and oxygen atoms in total. The summed E-state index contributed by atoms with van der Waals surface area (Å²) in [5, 5.41) is 8.73. The van der Waals surface area contributed by atoms with Crippen LogP contribution in [0.5, 0.6) is 0 Å². The summed E-state index contributed by atoms with van der Waals surface area (Å²) in [6.07, 6.45) is -1.61. The van der Waals surface area contributed by atoms with Crippen molar-refractivity contribution in [3.05, 3.63) is 66.9 Å². The first-order valence-corrected chi connectivity index (χ1v) is 8.27. The first-order valence-electron chi connectivity index (χ1n) is 7.29. The molecule has 0 saturated carbocycles. The van der Waals surface area contributed by atoms with E-state index in [1.54, 1.807) is 10.6 Å². The fraction of sp³-hybridized carbons (Fsp3) is 0.118. The number of thioether (sulfide) groups is 1. The molecule has 3 aromatic rings. The Morgan fingerprint density at radius 3 is 2.56 bits per heavy atom. The van der Waals surface area contributed by atoms with Gasteiger partial charge in [-0.25, -0.2) is 0 Å². The summed E-state index contributed by atoms with van der Waals surface area (Å²) < 4.78 is 40.7. The Hall–Kier alpha value is -2.61. The van der Waals surface area contributed by atoms with Crippen molar-refractivity contribution < 1.29 is 13.2 Å². The molecule has 0 saturated heterocycles. The minimum absolute atomic E-state index is 0.108. The molecule has 25 heavy (non-hydrogen) atoms. The quantitative estimate of drug-likeness (QED) is 0.490. The van der Waals surface area contributed by atoms with Gasteiger partial charge in [0.25, 0.3) is 0 Å². The predicted octanol–water partition coefficient (Wildman–Crippen LogP) is 4.63. The summed E-state index contributed by atoms with van der Waals surface area (Å²) in [5.41, 5.74) is 0.0744. The third-order valence-electron chi connectivity index (χ3n) is 3.29. The molecule has 0 radical (unpaired) electrons. The van der Waals surface area contributed by atoms with Crippen molar-refractivity contribution >= 4 is 11.8 Å². The number of benzene rings is 1. The van der Waals surface area contributed by atoms with Crippen LogP contribution in [-0.4, -0.2) is 25.5 Å². The third-order valence-corrected chi connectivity index (χ3v) is 4.22. The zero-order valence-electron chi connectivity index (χ0n) is 12.9. The molecule has 0 atom stereocenters. The van der Waals surface area contributed by atoms with Crippen molar-refractivity contribution in [2.45, 2.75) is 11.3 Å². The van der Waals surface area contributed by atoms with Gasteiger partial charge in [-0.05, 0) is 24.3 Å². The molecule has 0 unspecified atom stereocenters. The van der Waals surface area contributed by atoms with Crippen LogP contribution < -0.4 is 0 Å².